The summed E-state index contributed by atoms with van der Waals surface area (Å²) in [6, 6.07) is 5.99. The molecular weight excluding hydrogens is 431 g/mol. The molecule has 154 valence electrons. The van der Waals surface area contributed by atoms with E-state index in [1.807, 2.05) is 0 Å². The van der Waals surface area contributed by atoms with E-state index >= 15 is 0 Å². The molecule has 12 heteroatoms. The third-order valence-corrected chi connectivity index (χ3v) is 5.96. The van der Waals surface area contributed by atoms with Crippen molar-refractivity contribution in [1.29, 1.82) is 0 Å². The Hall–Kier alpha value is -3.80. The van der Waals surface area contributed by atoms with Gasteiger partial charge in [-0.1, -0.05) is 0 Å². The fourth-order valence-corrected chi connectivity index (χ4v) is 4.63. The molecule has 0 aliphatic heterocycles. The lowest BCUT2D eigenvalue weighted by Crippen LogP contribution is -2.07. The summed E-state index contributed by atoms with van der Waals surface area (Å²) in [6.45, 7) is 0. The van der Waals surface area contributed by atoms with E-state index in [9.17, 15) is 13.2 Å². The lowest BCUT2D eigenvalue weighted by Gasteiger charge is -2.08. The number of alkyl halides is 3. The van der Waals surface area contributed by atoms with Gasteiger partial charge >= 0.3 is 6.18 Å². The second-order valence-corrected chi connectivity index (χ2v) is 7.78. The van der Waals surface area contributed by atoms with Crippen molar-refractivity contribution < 1.29 is 17.6 Å². The van der Waals surface area contributed by atoms with Gasteiger partial charge in [-0.3, -0.25) is 4.68 Å². The fraction of sp³-hybridized carbons (Fsp3) is 0.105. The molecule has 0 bridgehead atoms. The van der Waals surface area contributed by atoms with E-state index in [4.69, 9.17) is 4.42 Å². The van der Waals surface area contributed by atoms with E-state index in [2.05, 4.69) is 25.1 Å². The molecule has 0 radical (unpaired) electrons. The van der Waals surface area contributed by atoms with Gasteiger partial charge in [-0.05, 0) is 24.3 Å². The maximum Gasteiger partial charge on any atom is 0.433 e. The molecule has 0 fully saturated rings. The van der Waals surface area contributed by atoms with Crippen molar-refractivity contribution in [3.63, 3.8) is 0 Å². The molecule has 6 aromatic heterocycles. The minimum absolute atomic E-state index is 0.196. The van der Waals surface area contributed by atoms with Gasteiger partial charge < -0.3 is 4.42 Å². The predicted octanol–water partition coefficient (Wildman–Crippen LogP) is 4.57. The minimum atomic E-state index is -4.60. The summed E-state index contributed by atoms with van der Waals surface area (Å²) < 4.78 is 49.6. The Morgan fingerprint density at radius 1 is 1.16 bits per heavy atom. The van der Waals surface area contributed by atoms with E-state index in [0.29, 0.717) is 38.5 Å². The molecule has 31 heavy (non-hydrogen) atoms. The van der Waals surface area contributed by atoms with Crippen LogP contribution < -0.4 is 0 Å². The Labute approximate surface area is 174 Å². The molecule has 0 aliphatic rings. The number of hydrogen-bond acceptors (Lipinski definition) is 7. The van der Waals surface area contributed by atoms with E-state index in [1.165, 1.54) is 17.1 Å². The van der Waals surface area contributed by atoms with Gasteiger partial charge in [0.1, 0.15) is 33.0 Å². The molecule has 6 rings (SSSR count). The molecule has 0 unspecified atom stereocenters. The number of rotatable bonds is 2. The third kappa shape index (κ3) is 2.64. The van der Waals surface area contributed by atoms with Gasteiger partial charge in [-0.15, -0.1) is 16.4 Å². The zero-order valence-corrected chi connectivity index (χ0v) is 16.4. The number of nitrogens with zero attached hydrogens (tertiary/aromatic N) is 7. The summed E-state index contributed by atoms with van der Waals surface area (Å²) in [4.78, 5) is 13.1. The van der Waals surface area contributed by atoms with E-state index < -0.39 is 11.9 Å². The number of thiophene rings is 1. The highest BCUT2D eigenvalue weighted by Crippen LogP contribution is 2.42. The van der Waals surface area contributed by atoms with Crippen molar-refractivity contribution in [3.05, 3.63) is 48.7 Å². The molecule has 6 heterocycles. The molecular formula is C19H10F3N7OS. The molecule has 0 spiro atoms. The van der Waals surface area contributed by atoms with Gasteiger partial charge in [0.25, 0.3) is 0 Å². The molecule has 6 aromatic rings. The second-order valence-electron chi connectivity index (χ2n) is 6.78. The van der Waals surface area contributed by atoms with Crippen LogP contribution in [-0.2, 0) is 13.2 Å². The van der Waals surface area contributed by atoms with Crippen molar-refractivity contribution >= 4 is 37.4 Å². The van der Waals surface area contributed by atoms with Gasteiger partial charge in [0.2, 0.25) is 5.82 Å². The predicted molar refractivity (Wildman–Crippen MR) is 106 cm³/mol. The largest absolute Gasteiger partial charge is 0.464 e. The van der Waals surface area contributed by atoms with Crippen LogP contribution in [0.2, 0.25) is 0 Å². The average Bonchev–Trinajstić information content (AvgIpc) is 3.50. The second kappa shape index (κ2) is 6.11. The Morgan fingerprint density at radius 2 is 2.03 bits per heavy atom. The third-order valence-electron chi connectivity index (χ3n) is 4.89. The molecule has 0 saturated carbocycles. The smallest absolute Gasteiger partial charge is 0.433 e. The Bertz CT molecular complexity index is 1590. The van der Waals surface area contributed by atoms with Crippen LogP contribution in [0, 0.1) is 0 Å². The summed E-state index contributed by atoms with van der Waals surface area (Å²) >= 11 is 1.09. The first-order valence-electron chi connectivity index (χ1n) is 8.98. The molecule has 0 aliphatic carbocycles. The maximum absolute atomic E-state index is 13.5. The normalized spacial score (nSPS) is 12.5. The van der Waals surface area contributed by atoms with Crippen LogP contribution in [-0.4, -0.2) is 34.3 Å². The number of aromatic nitrogens is 7. The zero-order chi connectivity index (χ0) is 21.3. The number of aryl methyl sites for hydroxylation is 1. The molecule has 0 atom stereocenters. The number of hydrogen-bond donors (Lipinski definition) is 0. The van der Waals surface area contributed by atoms with Gasteiger partial charge in [-0.25, -0.2) is 19.5 Å². The summed E-state index contributed by atoms with van der Waals surface area (Å²) in [5.41, 5.74) is 0.946. The van der Waals surface area contributed by atoms with Gasteiger partial charge in [-0.2, -0.15) is 18.3 Å². The molecule has 0 aromatic carbocycles. The van der Waals surface area contributed by atoms with Gasteiger partial charge in [0.05, 0.1) is 11.8 Å². The Morgan fingerprint density at radius 3 is 2.74 bits per heavy atom. The lowest BCUT2D eigenvalue weighted by molar-refractivity contribution is -0.140. The van der Waals surface area contributed by atoms with E-state index in [0.717, 1.165) is 17.4 Å². The highest BCUT2D eigenvalue weighted by molar-refractivity contribution is 7.26. The Kier molecular flexibility index (Phi) is 3.55. The van der Waals surface area contributed by atoms with Gasteiger partial charge in [0.15, 0.2) is 5.65 Å². The zero-order valence-electron chi connectivity index (χ0n) is 15.6. The summed E-state index contributed by atoms with van der Waals surface area (Å²) in [7, 11) is 1.77. The number of pyridine rings is 1. The lowest BCUT2D eigenvalue weighted by atomic mass is 10.1. The van der Waals surface area contributed by atoms with Crippen LogP contribution in [0.15, 0.2) is 47.5 Å². The van der Waals surface area contributed by atoms with Crippen molar-refractivity contribution in [1.82, 2.24) is 34.3 Å². The molecule has 0 saturated heterocycles. The van der Waals surface area contributed by atoms with Crippen LogP contribution in [0.25, 0.3) is 48.9 Å². The summed E-state index contributed by atoms with van der Waals surface area (Å²) in [5, 5.41) is 9.04. The fourth-order valence-electron chi connectivity index (χ4n) is 3.50. The maximum atomic E-state index is 13.5. The highest BCUT2D eigenvalue weighted by atomic mass is 32.1. The topological polar surface area (TPSA) is 86.9 Å². The van der Waals surface area contributed by atoms with Crippen molar-refractivity contribution in [2.75, 3.05) is 0 Å². The first-order valence-corrected chi connectivity index (χ1v) is 9.80. The van der Waals surface area contributed by atoms with E-state index in [-0.39, 0.29) is 10.4 Å². The number of halogens is 3. The van der Waals surface area contributed by atoms with Crippen LogP contribution in [0.1, 0.15) is 5.69 Å². The van der Waals surface area contributed by atoms with Crippen LogP contribution >= 0.6 is 11.3 Å². The average molecular weight is 441 g/mol. The summed E-state index contributed by atoms with van der Waals surface area (Å²) in [6.07, 6.45) is -0.0728. The molecule has 0 amide bonds. The SMILES string of the molecule is Cn1nccc1-c1nc2c3sc4nc(C(F)(F)F)cc(-c5ccco5)c4c3ncn2n1. The first kappa shape index (κ1) is 18.0. The minimum Gasteiger partial charge on any atom is -0.464 e. The quantitative estimate of drug-likeness (QED) is 0.391. The molecule has 0 N–H and O–H groups in total. The Balaban J connectivity index is 1.70. The van der Waals surface area contributed by atoms with Crippen molar-refractivity contribution in [2.24, 2.45) is 7.05 Å². The summed E-state index contributed by atoms with van der Waals surface area (Å²) in [5.74, 6) is 0.735. The first-order chi connectivity index (χ1) is 14.9. The van der Waals surface area contributed by atoms with Crippen molar-refractivity contribution in [2.45, 2.75) is 6.18 Å². The monoisotopic (exact) mass is 441 g/mol. The highest BCUT2D eigenvalue weighted by Gasteiger charge is 2.34. The number of fused-ring (bicyclic) bond motifs is 5. The van der Waals surface area contributed by atoms with Crippen LogP contribution in [0.3, 0.4) is 0 Å². The van der Waals surface area contributed by atoms with Crippen LogP contribution in [0.5, 0.6) is 0 Å². The van der Waals surface area contributed by atoms with Crippen molar-refractivity contribution in [3.8, 4) is 22.8 Å². The van der Waals surface area contributed by atoms with Crippen LogP contribution in [0.4, 0.5) is 13.2 Å². The van der Waals surface area contributed by atoms with Gasteiger partial charge in [0, 0.05) is 24.2 Å². The standard InChI is InChI=1S/C19H10F3N7OS/c1-28-10(4-5-24-28)16-26-17-15-14(23-8-29(17)27-16)13-9(11-3-2-6-30-11)7-12(19(20,21)22)25-18(13)31-15/h2-8H,1H3. The van der Waals surface area contributed by atoms with E-state index in [1.54, 1.807) is 36.1 Å². The molecule has 8 nitrogen and oxygen atoms in total. The number of furan rings is 1.